The van der Waals surface area contributed by atoms with Crippen molar-refractivity contribution in [3.05, 3.63) is 17.5 Å². The van der Waals surface area contributed by atoms with Gasteiger partial charge in [-0.25, -0.2) is 9.97 Å². The Hall–Kier alpha value is -1.63. The molecule has 0 spiro atoms. The molecule has 1 saturated heterocycles. The molecule has 0 N–H and O–H groups in total. The molecule has 0 aromatic carbocycles. The summed E-state index contributed by atoms with van der Waals surface area (Å²) in [6, 6.07) is 1.92. The quantitative estimate of drug-likeness (QED) is 0.613. The zero-order valence-corrected chi connectivity index (χ0v) is 14.4. The first kappa shape index (κ1) is 16.2. The molecule has 2 aliphatic rings. The summed E-state index contributed by atoms with van der Waals surface area (Å²) in [6.07, 6.45) is 2.06. The van der Waals surface area contributed by atoms with E-state index in [-0.39, 0.29) is 17.7 Å². The van der Waals surface area contributed by atoms with Gasteiger partial charge in [0, 0.05) is 43.5 Å². The first-order valence-electron chi connectivity index (χ1n) is 8.04. The van der Waals surface area contributed by atoms with Gasteiger partial charge in [-0.3, -0.25) is 9.59 Å². The van der Waals surface area contributed by atoms with E-state index in [0.29, 0.717) is 37.1 Å². The molecule has 2 fully saturated rings. The van der Waals surface area contributed by atoms with E-state index in [4.69, 9.17) is 0 Å². The molecular formula is C16H22N4O2S. The van der Waals surface area contributed by atoms with Crippen LogP contribution >= 0.6 is 11.8 Å². The standard InChI is InChI=1S/C16H22N4O2S/c1-11-9-12(2)18-16(17-11)23-10-14(21)19-5-7-20(8-6-19)15(22)13-3-4-13/h9,13H,3-8,10H2,1-2H3. The van der Waals surface area contributed by atoms with Crippen LogP contribution < -0.4 is 0 Å². The predicted molar refractivity (Wildman–Crippen MR) is 88.1 cm³/mol. The second kappa shape index (κ2) is 6.86. The van der Waals surface area contributed by atoms with Gasteiger partial charge in [-0.1, -0.05) is 11.8 Å². The minimum atomic E-state index is 0.0938. The minimum absolute atomic E-state index is 0.0938. The summed E-state index contributed by atoms with van der Waals surface area (Å²) < 4.78 is 0. The maximum atomic E-state index is 12.3. The first-order valence-corrected chi connectivity index (χ1v) is 9.03. The maximum absolute atomic E-state index is 12.3. The Labute approximate surface area is 140 Å². The zero-order valence-electron chi connectivity index (χ0n) is 13.6. The Morgan fingerprint density at radius 2 is 1.65 bits per heavy atom. The molecule has 1 aromatic heterocycles. The van der Waals surface area contributed by atoms with Gasteiger partial charge < -0.3 is 9.80 Å². The maximum Gasteiger partial charge on any atom is 0.233 e. The normalized spacial score (nSPS) is 18.2. The Morgan fingerprint density at radius 1 is 1.09 bits per heavy atom. The summed E-state index contributed by atoms with van der Waals surface area (Å²) >= 11 is 1.38. The highest BCUT2D eigenvalue weighted by Crippen LogP contribution is 2.31. The van der Waals surface area contributed by atoms with E-state index >= 15 is 0 Å². The molecule has 0 radical (unpaired) electrons. The molecule has 23 heavy (non-hydrogen) atoms. The van der Waals surface area contributed by atoms with E-state index < -0.39 is 0 Å². The Balaban J connectivity index is 1.46. The number of hydrogen-bond acceptors (Lipinski definition) is 5. The summed E-state index contributed by atoms with van der Waals surface area (Å²) in [5, 5.41) is 0.651. The monoisotopic (exact) mass is 334 g/mol. The number of hydrogen-bond donors (Lipinski definition) is 0. The number of rotatable bonds is 4. The number of amides is 2. The van der Waals surface area contributed by atoms with Crippen molar-refractivity contribution in [3.63, 3.8) is 0 Å². The summed E-state index contributed by atoms with van der Waals surface area (Å²) in [5.41, 5.74) is 1.83. The molecular weight excluding hydrogens is 312 g/mol. The molecule has 1 aliphatic heterocycles. The molecule has 1 aromatic rings. The fourth-order valence-electron chi connectivity index (χ4n) is 2.74. The molecule has 2 heterocycles. The molecule has 1 aliphatic carbocycles. The lowest BCUT2D eigenvalue weighted by molar-refractivity contribution is -0.139. The van der Waals surface area contributed by atoms with Crippen LogP contribution in [0.4, 0.5) is 0 Å². The highest BCUT2D eigenvalue weighted by atomic mass is 32.2. The molecule has 3 rings (SSSR count). The summed E-state index contributed by atoms with van der Waals surface area (Å²) in [7, 11) is 0. The average Bonchev–Trinajstić information content (AvgIpc) is 3.36. The molecule has 0 atom stereocenters. The fourth-order valence-corrected chi connectivity index (χ4v) is 3.59. The van der Waals surface area contributed by atoms with E-state index in [1.165, 1.54) is 11.8 Å². The van der Waals surface area contributed by atoms with Crippen LogP contribution in [0.5, 0.6) is 0 Å². The number of aromatic nitrogens is 2. The Bertz CT molecular complexity index is 590. The van der Waals surface area contributed by atoms with Gasteiger partial charge in [0.1, 0.15) is 0 Å². The van der Waals surface area contributed by atoms with E-state index in [1.807, 2.05) is 29.7 Å². The van der Waals surface area contributed by atoms with Gasteiger partial charge >= 0.3 is 0 Å². The number of nitrogens with zero attached hydrogens (tertiary/aromatic N) is 4. The third kappa shape index (κ3) is 4.22. The van der Waals surface area contributed by atoms with Gasteiger partial charge in [-0.05, 0) is 32.8 Å². The van der Waals surface area contributed by atoms with E-state index in [9.17, 15) is 9.59 Å². The van der Waals surface area contributed by atoms with Crippen LogP contribution in [0.25, 0.3) is 0 Å². The lowest BCUT2D eigenvalue weighted by Gasteiger charge is -2.34. The Kier molecular flexibility index (Phi) is 4.84. The third-order valence-electron chi connectivity index (χ3n) is 4.16. The minimum Gasteiger partial charge on any atom is -0.339 e. The van der Waals surface area contributed by atoms with E-state index in [2.05, 4.69) is 9.97 Å². The molecule has 2 amide bonds. The lowest BCUT2D eigenvalue weighted by atomic mass is 10.2. The third-order valence-corrected chi connectivity index (χ3v) is 4.99. The van der Waals surface area contributed by atoms with Crippen molar-refractivity contribution in [1.29, 1.82) is 0 Å². The number of carbonyl (C=O) groups is 2. The highest BCUT2D eigenvalue weighted by molar-refractivity contribution is 7.99. The van der Waals surface area contributed by atoms with Crippen molar-refractivity contribution in [1.82, 2.24) is 19.8 Å². The van der Waals surface area contributed by atoms with Crippen LogP contribution in [0.2, 0.25) is 0 Å². The van der Waals surface area contributed by atoms with Crippen LogP contribution in [0.1, 0.15) is 24.2 Å². The molecule has 0 unspecified atom stereocenters. The van der Waals surface area contributed by atoms with Crippen molar-refractivity contribution in [2.75, 3.05) is 31.9 Å². The summed E-state index contributed by atoms with van der Waals surface area (Å²) in [6.45, 7) is 6.43. The van der Waals surface area contributed by atoms with E-state index in [0.717, 1.165) is 24.2 Å². The lowest BCUT2D eigenvalue weighted by Crippen LogP contribution is -2.51. The largest absolute Gasteiger partial charge is 0.339 e. The molecule has 6 nitrogen and oxygen atoms in total. The van der Waals surface area contributed by atoms with Gasteiger partial charge in [0.05, 0.1) is 5.75 Å². The van der Waals surface area contributed by atoms with Gasteiger partial charge in [0.25, 0.3) is 0 Å². The van der Waals surface area contributed by atoms with Crippen molar-refractivity contribution in [3.8, 4) is 0 Å². The molecule has 1 saturated carbocycles. The number of aryl methyl sites for hydroxylation is 2. The van der Waals surface area contributed by atoms with Crippen LogP contribution in [0.15, 0.2) is 11.2 Å². The van der Waals surface area contributed by atoms with Crippen molar-refractivity contribution < 1.29 is 9.59 Å². The summed E-state index contributed by atoms with van der Waals surface area (Å²) in [5.74, 6) is 0.973. The van der Waals surface area contributed by atoms with Crippen LogP contribution in [-0.2, 0) is 9.59 Å². The highest BCUT2D eigenvalue weighted by Gasteiger charge is 2.35. The van der Waals surface area contributed by atoms with Gasteiger partial charge in [0.15, 0.2) is 5.16 Å². The van der Waals surface area contributed by atoms with Gasteiger partial charge in [-0.2, -0.15) is 0 Å². The topological polar surface area (TPSA) is 66.4 Å². The van der Waals surface area contributed by atoms with E-state index in [1.54, 1.807) is 0 Å². The smallest absolute Gasteiger partial charge is 0.233 e. The molecule has 0 bridgehead atoms. The fraction of sp³-hybridized carbons (Fsp3) is 0.625. The molecule has 7 heteroatoms. The second-order valence-corrected chi connectivity index (χ2v) is 7.14. The van der Waals surface area contributed by atoms with Crippen LogP contribution in [0, 0.1) is 19.8 Å². The number of piperazine rings is 1. The van der Waals surface area contributed by atoms with Crippen molar-refractivity contribution in [2.24, 2.45) is 5.92 Å². The number of carbonyl (C=O) groups excluding carboxylic acids is 2. The number of thioether (sulfide) groups is 1. The van der Waals surface area contributed by atoms with Crippen LogP contribution in [0.3, 0.4) is 0 Å². The summed E-state index contributed by atoms with van der Waals surface area (Å²) in [4.78, 5) is 36.7. The predicted octanol–water partition coefficient (Wildman–Crippen LogP) is 1.27. The first-order chi connectivity index (χ1) is 11.0. The van der Waals surface area contributed by atoms with Gasteiger partial charge in [-0.15, -0.1) is 0 Å². The SMILES string of the molecule is Cc1cc(C)nc(SCC(=O)N2CCN(C(=O)C3CC3)CC2)n1. The zero-order chi connectivity index (χ0) is 16.4. The van der Waals surface area contributed by atoms with Crippen molar-refractivity contribution in [2.45, 2.75) is 31.8 Å². The van der Waals surface area contributed by atoms with Crippen molar-refractivity contribution >= 4 is 23.6 Å². The molecule has 124 valence electrons. The Morgan fingerprint density at radius 3 is 2.22 bits per heavy atom. The van der Waals surface area contributed by atoms with Gasteiger partial charge in [0.2, 0.25) is 11.8 Å². The second-order valence-electron chi connectivity index (χ2n) is 6.20. The average molecular weight is 334 g/mol. The van der Waals surface area contributed by atoms with Crippen LogP contribution in [-0.4, -0.2) is 63.5 Å².